The monoisotopic (exact) mass is 358 g/mol. The Bertz CT molecular complexity index is 789. The molecule has 138 valence electrons. The number of nitrogens with one attached hydrogen (secondary N) is 2. The van der Waals surface area contributed by atoms with Crippen molar-refractivity contribution in [1.29, 1.82) is 0 Å². The highest BCUT2D eigenvalue weighted by Gasteiger charge is 2.26. The molecule has 1 fully saturated rings. The molecule has 0 bridgehead atoms. The van der Waals surface area contributed by atoms with Crippen molar-refractivity contribution >= 4 is 6.03 Å². The fourth-order valence-electron chi connectivity index (χ4n) is 3.01. The summed E-state index contributed by atoms with van der Waals surface area (Å²) in [5, 5.41) is 14.4. The number of hydrogen-bond acceptors (Lipinski definition) is 6. The number of carbonyl (C=O) groups excluding carboxylic acids is 1. The summed E-state index contributed by atoms with van der Waals surface area (Å²) in [7, 11) is 1.58. The van der Waals surface area contributed by atoms with Crippen molar-refractivity contribution in [2.45, 2.75) is 32.0 Å². The predicted octanol–water partition coefficient (Wildman–Crippen LogP) is 0.957. The minimum Gasteiger partial charge on any atom is -0.481 e. The average Bonchev–Trinajstić information content (AvgIpc) is 3.42. The normalized spacial score (nSPS) is 19.3. The van der Waals surface area contributed by atoms with Gasteiger partial charge in [-0.1, -0.05) is 5.21 Å². The van der Waals surface area contributed by atoms with Crippen LogP contribution in [0.15, 0.2) is 18.3 Å². The fraction of sp³-hybridized carbons (Fsp3) is 0.529. The molecule has 1 atom stereocenters. The van der Waals surface area contributed by atoms with Gasteiger partial charge in [0.1, 0.15) is 5.69 Å². The summed E-state index contributed by atoms with van der Waals surface area (Å²) >= 11 is 0. The van der Waals surface area contributed by atoms with Gasteiger partial charge < -0.3 is 20.1 Å². The molecule has 26 heavy (non-hydrogen) atoms. The van der Waals surface area contributed by atoms with Crippen LogP contribution in [-0.2, 0) is 17.9 Å². The first kappa shape index (κ1) is 16.8. The maximum absolute atomic E-state index is 11.8. The quantitative estimate of drug-likeness (QED) is 0.825. The Labute approximate surface area is 151 Å². The molecule has 3 heterocycles. The lowest BCUT2D eigenvalue weighted by molar-refractivity contribution is 0.0949. The lowest BCUT2D eigenvalue weighted by Gasteiger charge is -2.15. The molecule has 2 aliphatic rings. The van der Waals surface area contributed by atoms with Crippen LogP contribution >= 0.6 is 0 Å². The van der Waals surface area contributed by atoms with Gasteiger partial charge in [0.25, 0.3) is 0 Å². The average molecular weight is 358 g/mol. The largest absolute Gasteiger partial charge is 0.481 e. The number of methoxy groups -OCH3 is 1. The van der Waals surface area contributed by atoms with E-state index in [2.05, 4.69) is 25.9 Å². The number of fused-ring (bicyclic) bond motifs is 1. The zero-order chi connectivity index (χ0) is 17.9. The van der Waals surface area contributed by atoms with Crippen LogP contribution in [0, 0.1) is 5.92 Å². The molecule has 4 rings (SSSR count). The van der Waals surface area contributed by atoms with Crippen LogP contribution in [0.25, 0.3) is 11.3 Å². The van der Waals surface area contributed by atoms with Crippen molar-refractivity contribution in [2.75, 3.05) is 20.3 Å². The molecule has 0 radical (unpaired) electrons. The van der Waals surface area contributed by atoms with Gasteiger partial charge in [-0.25, -0.2) is 14.5 Å². The molecule has 2 aromatic heterocycles. The van der Waals surface area contributed by atoms with Gasteiger partial charge >= 0.3 is 6.03 Å². The second kappa shape index (κ2) is 7.28. The Morgan fingerprint density at radius 2 is 2.35 bits per heavy atom. The van der Waals surface area contributed by atoms with Gasteiger partial charge in [0.2, 0.25) is 5.88 Å². The van der Waals surface area contributed by atoms with E-state index in [9.17, 15) is 4.79 Å². The summed E-state index contributed by atoms with van der Waals surface area (Å²) < 4.78 is 13.0. The van der Waals surface area contributed by atoms with Crippen LogP contribution in [0.3, 0.4) is 0 Å². The first-order valence-electron chi connectivity index (χ1n) is 8.78. The maximum Gasteiger partial charge on any atom is 0.315 e. The van der Waals surface area contributed by atoms with Gasteiger partial charge in [-0.3, -0.25) is 0 Å². The Morgan fingerprint density at radius 3 is 3.15 bits per heavy atom. The maximum atomic E-state index is 11.8. The number of rotatable bonds is 5. The number of ether oxygens (including phenoxy) is 2. The van der Waals surface area contributed by atoms with Crippen molar-refractivity contribution < 1.29 is 14.3 Å². The number of nitrogens with zero attached hydrogens (tertiary/aromatic N) is 4. The Hall–Kier alpha value is -2.68. The number of urea groups is 1. The second-order valence-corrected chi connectivity index (χ2v) is 6.64. The van der Waals surface area contributed by atoms with Gasteiger partial charge in [0.05, 0.1) is 31.6 Å². The van der Waals surface area contributed by atoms with E-state index < -0.39 is 0 Å². The highest BCUT2D eigenvalue weighted by atomic mass is 16.5. The molecule has 2 aromatic rings. The molecule has 0 saturated heterocycles. The first-order chi connectivity index (χ1) is 12.7. The summed E-state index contributed by atoms with van der Waals surface area (Å²) in [6.07, 6.45) is 3.82. The molecule has 9 nitrogen and oxygen atoms in total. The number of pyridine rings is 1. The van der Waals surface area contributed by atoms with Crippen molar-refractivity contribution in [1.82, 2.24) is 30.6 Å². The van der Waals surface area contributed by atoms with E-state index in [0.29, 0.717) is 38.2 Å². The summed E-state index contributed by atoms with van der Waals surface area (Å²) in [6, 6.07) is 3.98. The second-order valence-electron chi connectivity index (χ2n) is 6.64. The van der Waals surface area contributed by atoms with Gasteiger partial charge in [-0.05, 0) is 25.0 Å². The molecule has 2 amide bonds. The fourth-order valence-corrected chi connectivity index (χ4v) is 3.01. The van der Waals surface area contributed by atoms with Crippen LogP contribution in [0.4, 0.5) is 4.79 Å². The topological polar surface area (TPSA) is 103 Å². The molecule has 1 saturated carbocycles. The van der Waals surface area contributed by atoms with Crippen LogP contribution in [0.2, 0.25) is 0 Å². The number of aromatic nitrogens is 4. The predicted molar refractivity (Wildman–Crippen MR) is 92.5 cm³/mol. The van der Waals surface area contributed by atoms with E-state index in [-0.39, 0.29) is 11.9 Å². The lowest BCUT2D eigenvalue weighted by Crippen LogP contribution is -2.40. The number of carbonyl (C=O) groups is 1. The van der Waals surface area contributed by atoms with Crippen LogP contribution in [-0.4, -0.2) is 52.3 Å². The first-order valence-corrected chi connectivity index (χ1v) is 8.78. The Balaban J connectivity index is 1.46. The van der Waals surface area contributed by atoms with Gasteiger partial charge in [0, 0.05) is 31.2 Å². The van der Waals surface area contributed by atoms with Crippen LogP contribution in [0.1, 0.15) is 18.5 Å². The minimum atomic E-state index is -0.114. The van der Waals surface area contributed by atoms with Crippen LogP contribution in [0.5, 0.6) is 5.88 Å². The SMILES string of the molecule is COc1ncccc1-c1nnn2c1COCC(CNC(=O)NC1CC1)C2. The van der Waals surface area contributed by atoms with Crippen molar-refractivity contribution in [3.05, 3.63) is 24.0 Å². The molecule has 0 aromatic carbocycles. The van der Waals surface area contributed by atoms with Crippen LogP contribution < -0.4 is 15.4 Å². The smallest absolute Gasteiger partial charge is 0.315 e. The van der Waals surface area contributed by atoms with Crippen molar-refractivity contribution in [3.63, 3.8) is 0 Å². The zero-order valence-corrected chi connectivity index (χ0v) is 14.6. The highest BCUT2D eigenvalue weighted by Crippen LogP contribution is 2.30. The van der Waals surface area contributed by atoms with Crippen molar-refractivity contribution in [3.8, 4) is 17.1 Å². The van der Waals surface area contributed by atoms with E-state index in [0.717, 1.165) is 29.8 Å². The number of amides is 2. The van der Waals surface area contributed by atoms with Gasteiger partial charge in [-0.2, -0.15) is 0 Å². The van der Waals surface area contributed by atoms with Gasteiger partial charge in [0.15, 0.2) is 0 Å². The third kappa shape index (κ3) is 3.62. The highest BCUT2D eigenvalue weighted by molar-refractivity contribution is 5.74. The molecule has 9 heteroatoms. The zero-order valence-electron chi connectivity index (χ0n) is 14.6. The molecule has 2 N–H and O–H groups in total. The Morgan fingerprint density at radius 1 is 1.46 bits per heavy atom. The van der Waals surface area contributed by atoms with Gasteiger partial charge in [-0.15, -0.1) is 5.10 Å². The molecule has 0 spiro atoms. The van der Waals surface area contributed by atoms with E-state index in [1.54, 1.807) is 13.3 Å². The number of hydrogen-bond donors (Lipinski definition) is 2. The minimum absolute atomic E-state index is 0.114. The molecule has 1 unspecified atom stereocenters. The molecule has 1 aliphatic carbocycles. The molecular formula is C17H22N6O3. The summed E-state index contributed by atoms with van der Waals surface area (Å²) in [5.41, 5.74) is 2.40. The van der Waals surface area contributed by atoms with E-state index in [4.69, 9.17) is 9.47 Å². The van der Waals surface area contributed by atoms with E-state index in [1.807, 2.05) is 16.8 Å². The summed E-state index contributed by atoms with van der Waals surface area (Å²) in [5.74, 6) is 0.640. The summed E-state index contributed by atoms with van der Waals surface area (Å²) in [6.45, 7) is 2.12. The lowest BCUT2D eigenvalue weighted by atomic mass is 10.1. The van der Waals surface area contributed by atoms with E-state index in [1.165, 1.54) is 0 Å². The Kier molecular flexibility index (Phi) is 4.70. The van der Waals surface area contributed by atoms with Crippen molar-refractivity contribution in [2.24, 2.45) is 5.92 Å². The third-order valence-corrected chi connectivity index (χ3v) is 4.54. The van der Waals surface area contributed by atoms with E-state index >= 15 is 0 Å². The summed E-state index contributed by atoms with van der Waals surface area (Å²) in [4.78, 5) is 16.0. The third-order valence-electron chi connectivity index (χ3n) is 4.54. The molecular weight excluding hydrogens is 336 g/mol. The standard InChI is InChI=1S/C17H22N6O3/c1-25-16-13(3-2-6-18-16)15-14-10-26-9-11(8-23(14)22-21-15)7-19-17(24)20-12-4-5-12/h2-3,6,11-12H,4-5,7-10H2,1H3,(H2,19,20,24). The molecule has 1 aliphatic heterocycles.